The molecule has 0 bridgehead atoms. The fraction of sp³-hybridized carbons (Fsp3) is 1.00. The zero-order chi connectivity index (χ0) is 17.4. The van der Waals surface area contributed by atoms with Gasteiger partial charge in [0, 0.05) is 0 Å². The van der Waals surface area contributed by atoms with Gasteiger partial charge in [-0.15, -0.1) is 0 Å². The van der Waals surface area contributed by atoms with E-state index in [9.17, 15) is 18.5 Å². The molecule has 4 N–H and O–H groups in total. The van der Waals surface area contributed by atoms with Gasteiger partial charge in [0.1, 0.15) is 0 Å². The minimum Gasteiger partial charge on any atom is -0.561 e. The number of ether oxygens (including phenoxy) is 2. The monoisotopic (exact) mass is 402 g/mol. The van der Waals surface area contributed by atoms with E-state index in [0.29, 0.717) is 0 Å². The van der Waals surface area contributed by atoms with Gasteiger partial charge in [0.05, 0.1) is 39.6 Å². The van der Waals surface area contributed by atoms with Gasteiger partial charge in [0.15, 0.2) is 12.6 Å². The van der Waals surface area contributed by atoms with Crippen LogP contribution in [0, 0.1) is 0 Å². The summed E-state index contributed by atoms with van der Waals surface area (Å²) in [6.45, 7) is -1.75. The second-order valence-corrected chi connectivity index (χ2v) is 4.62. The van der Waals surface area contributed by atoms with E-state index in [1.54, 1.807) is 0 Å². The van der Waals surface area contributed by atoms with Crippen LogP contribution in [0.4, 0.5) is 0 Å². The van der Waals surface area contributed by atoms with Crippen molar-refractivity contribution in [1.82, 2.24) is 0 Å². The van der Waals surface area contributed by atoms with Gasteiger partial charge in [0.25, 0.3) is 0 Å². The van der Waals surface area contributed by atoms with Crippen molar-refractivity contribution in [2.24, 2.45) is 0 Å². The van der Waals surface area contributed by atoms with Gasteiger partial charge in [0.2, 0.25) is 0 Å². The molecule has 0 aromatic carbocycles. The van der Waals surface area contributed by atoms with Crippen LogP contribution in [0.25, 0.3) is 0 Å². The van der Waals surface area contributed by atoms with Crippen LogP contribution in [-0.2, 0) is 27.2 Å². The molecule has 0 aliphatic carbocycles. The van der Waals surface area contributed by atoms with Crippen LogP contribution in [0.5, 0.6) is 0 Å². The molecule has 0 spiro atoms. The Labute approximate surface area is 165 Å². The van der Waals surface area contributed by atoms with Crippen molar-refractivity contribution in [2.45, 2.75) is 12.6 Å². The van der Waals surface area contributed by atoms with Crippen molar-refractivity contribution in [1.29, 1.82) is 0 Å². The van der Waals surface area contributed by atoms with Crippen molar-refractivity contribution in [3.63, 3.8) is 0 Å². The number of aliphatic hydroxyl groups is 4. The van der Waals surface area contributed by atoms with Crippen LogP contribution >= 0.6 is 0 Å². The Morgan fingerprint density at radius 3 is 1.26 bits per heavy atom. The molecule has 15 heteroatoms. The molecule has 0 amide bonds. The maximum atomic E-state index is 9.93. The van der Waals surface area contributed by atoms with Gasteiger partial charge in [-0.25, -0.2) is 0 Å². The van der Waals surface area contributed by atoms with Gasteiger partial charge >= 0.3 is 56.1 Å². The molecule has 0 saturated carbocycles. The van der Waals surface area contributed by atoms with E-state index < -0.39 is 44.1 Å². The first-order valence-electron chi connectivity index (χ1n) is 5.83. The van der Waals surface area contributed by atoms with Crippen molar-refractivity contribution in [3.05, 3.63) is 0 Å². The van der Waals surface area contributed by atoms with Gasteiger partial charge in [-0.2, -0.15) is 0 Å². The van der Waals surface area contributed by atoms with E-state index in [1.807, 2.05) is 0 Å². The summed E-state index contributed by atoms with van der Waals surface area (Å²) < 4.78 is 37.2. The molecule has 2 atom stereocenters. The van der Waals surface area contributed by atoms with E-state index >= 15 is 0 Å². The SMILES string of the molecule is O=[Si]([O-])OC(CO)OCCO.O=[Si]([O-])OC(CO)OCCO.[Ca+2]. The average molecular weight is 402 g/mol. The molecule has 0 rings (SSSR count). The molecule has 0 aromatic rings. The fourth-order valence-electron chi connectivity index (χ4n) is 0.831. The molecular weight excluding hydrogens is 384 g/mol. The maximum Gasteiger partial charge on any atom is 2.00 e. The molecule has 0 aliphatic rings. The first-order valence-corrected chi connectivity index (χ1v) is 8.28. The topological polar surface area (TPSA) is 198 Å². The Kier molecular flexibility index (Phi) is 24.8. The summed E-state index contributed by atoms with van der Waals surface area (Å²) in [7, 11) is -6.68. The minimum atomic E-state index is -3.34. The van der Waals surface area contributed by atoms with E-state index in [0.717, 1.165) is 0 Å². The predicted octanol–water partition coefficient (Wildman–Crippen LogP) is -6.17. The van der Waals surface area contributed by atoms with Crippen LogP contribution < -0.4 is 9.59 Å². The zero-order valence-corrected chi connectivity index (χ0v) is 16.4. The first-order chi connectivity index (χ1) is 10.4. The molecule has 23 heavy (non-hydrogen) atoms. The molecule has 0 heterocycles. The summed E-state index contributed by atoms with van der Waals surface area (Å²) >= 11 is 0. The van der Waals surface area contributed by atoms with Gasteiger partial charge < -0.3 is 57.3 Å². The number of hydrogen-bond donors (Lipinski definition) is 4. The van der Waals surface area contributed by atoms with Gasteiger partial charge in [-0.3, -0.25) is 0 Å². The predicted molar refractivity (Wildman–Crippen MR) is 68.6 cm³/mol. The van der Waals surface area contributed by atoms with Crippen LogP contribution in [-0.4, -0.2) is 129 Å². The van der Waals surface area contributed by atoms with Crippen molar-refractivity contribution in [2.75, 3.05) is 39.6 Å². The maximum absolute atomic E-state index is 9.93. The third kappa shape index (κ3) is 22.3. The van der Waals surface area contributed by atoms with Gasteiger partial charge in [-0.05, 0) is 0 Å². The molecule has 0 aliphatic heterocycles. The van der Waals surface area contributed by atoms with Crippen LogP contribution in [0.1, 0.15) is 0 Å². The van der Waals surface area contributed by atoms with Gasteiger partial charge in [-0.1, -0.05) is 0 Å². The van der Waals surface area contributed by atoms with Crippen LogP contribution in [0.3, 0.4) is 0 Å². The summed E-state index contributed by atoms with van der Waals surface area (Å²) in [5.41, 5.74) is 0. The van der Waals surface area contributed by atoms with Crippen molar-refractivity contribution < 1.29 is 57.3 Å². The van der Waals surface area contributed by atoms with E-state index in [-0.39, 0.29) is 64.2 Å². The molecule has 0 saturated heterocycles. The zero-order valence-electron chi connectivity index (χ0n) is 12.2. The summed E-state index contributed by atoms with van der Waals surface area (Å²) in [4.78, 5) is 19.9. The second-order valence-electron chi connectivity index (χ2n) is 3.15. The fourth-order valence-corrected chi connectivity index (χ4v) is 1.55. The average Bonchev–Trinajstić information content (AvgIpc) is 2.47. The summed E-state index contributed by atoms with van der Waals surface area (Å²) in [6, 6.07) is 0. The van der Waals surface area contributed by atoms with E-state index in [4.69, 9.17) is 20.4 Å². The molecule has 0 radical (unpaired) electrons. The largest absolute Gasteiger partial charge is 2.00 e. The summed E-state index contributed by atoms with van der Waals surface area (Å²) in [5, 5.41) is 33.3. The Morgan fingerprint density at radius 2 is 1.09 bits per heavy atom. The normalized spacial score (nSPS) is 12.0. The molecule has 132 valence electrons. The van der Waals surface area contributed by atoms with Crippen LogP contribution in [0.15, 0.2) is 0 Å². The standard InChI is InChI=1S/2C4H9O6Si.Ca/c2*5-1-2-9-4(3-6)10-11(7)8;/h2*4-6H,1-3H2;/q2*-1;+2. The van der Waals surface area contributed by atoms with E-state index in [2.05, 4.69) is 18.3 Å². The number of aliphatic hydroxyl groups excluding tert-OH is 4. The summed E-state index contributed by atoms with van der Waals surface area (Å²) in [5.74, 6) is 0. The van der Waals surface area contributed by atoms with Crippen LogP contribution in [0.2, 0.25) is 0 Å². The smallest absolute Gasteiger partial charge is 0.561 e. The number of hydrogen-bond acceptors (Lipinski definition) is 12. The molecule has 0 aromatic heterocycles. The molecule has 0 fully saturated rings. The summed E-state index contributed by atoms with van der Waals surface area (Å²) in [6.07, 6.45) is -2.38. The quantitative estimate of drug-likeness (QED) is 0.178. The Hall–Kier alpha value is 0.254. The third-order valence-electron chi connectivity index (χ3n) is 1.54. The Bertz CT molecular complexity index is 268. The Balaban J connectivity index is -0.000000333. The van der Waals surface area contributed by atoms with E-state index in [1.165, 1.54) is 0 Å². The number of rotatable bonds is 12. The third-order valence-corrected chi connectivity index (χ3v) is 2.45. The first kappa shape index (κ1) is 28.1. The van der Waals surface area contributed by atoms with Crippen molar-refractivity contribution in [3.8, 4) is 0 Å². The molecular formula is C8H18CaO12Si2. The molecule has 2 unspecified atom stereocenters. The second kappa shape index (κ2) is 20.3. The van der Waals surface area contributed by atoms with Crippen molar-refractivity contribution >= 4 is 56.1 Å². The minimum absolute atomic E-state index is 0. The Morgan fingerprint density at radius 1 is 0.783 bits per heavy atom. The molecule has 12 nitrogen and oxygen atoms in total.